The summed E-state index contributed by atoms with van der Waals surface area (Å²) in [7, 11) is -5.82. The van der Waals surface area contributed by atoms with Crippen molar-refractivity contribution in [2.24, 2.45) is 5.10 Å². The van der Waals surface area contributed by atoms with Crippen LogP contribution in [0.15, 0.2) is 72.0 Å². The lowest BCUT2D eigenvalue weighted by molar-refractivity contribution is -0.0500. The number of carbonyl (C=O) groups excluding carboxylic acids is 1. The summed E-state index contributed by atoms with van der Waals surface area (Å²) in [4.78, 5) is 17.2. The molecule has 14 heteroatoms. The highest BCUT2D eigenvalue weighted by atomic mass is 35.5. The molecule has 0 fully saturated rings. The first-order chi connectivity index (χ1) is 16.9. The molecule has 0 bridgehead atoms. The van der Waals surface area contributed by atoms with Crippen molar-refractivity contribution >= 4 is 39.1 Å². The van der Waals surface area contributed by atoms with Crippen LogP contribution in [-0.4, -0.2) is 42.2 Å². The van der Waals surface area contributed by atoms with Gasteiger partial charge in [-0.05, 0) is 54.1 Å². The number of carbonyl (C=O) groups is 1. The molecule has 0 radical (unpaired) electrons. The SMILES string of the molecule is O=C(Nc1ccc(OS(=O)(=O)C(F)(F)F)cc1)N1CC(c2ccc(Cl)cn2)C(c2ccc(F)cc2)=N1. The van der Waals surface area contributed by atoms with Crippen molar-refractivity contribution in [2.45, 2.75) is 11.4 Å². The van der Waals surface area contributed by atoms with E-state index in [1.54, 1.807) is 12.1 Å². The minimum Gasteiger partial charge on any atom is -0.376 e. The zero-order chi connectivity index (χ0) is 26.1. The summed E-state index contributed by atoms with van der Waals surface area (Å²) in [6.07, 6.45) is 1.45. The number of urea groups is 1. The topological polar surface area (TPSA) is 101 Å². The van der Waals surface area contributed by atoms with E-state index in [0.717, 1.165) is 29.3 Å². The fourth-order valence-electron chi connectivity index (χ4n) is 3.29. The fourth-order valence-corrected chi connectivity index (χ4v) is 3.86. The molecule has 1 aliphatic heterocycles. The lowest BCUT2D eigenvalue weighted by Gasteiger charge is -2.16. The monoisotopic (exact) mass is 542 g/mol. The molecule has 1 N–H and O–H groups in total. The molecule has 8 nitrogen and oxygen atoms in total. The Morgan fingerprint density at radius 3 is 2.31 bits per heavy atom. The maximum Gasteiger partial charge on any atom is 0.534 e. The van der Waals surface area contributed by atoms with E-state index in [4.69, 9.17) is 11.6 Å². The quantitative estimate of drug-likeness (QED) is 0.273. The van der Waals surface area contributed by atoms with E-state index in [1.165, 1.54) is 30.5 Å². The van der Waals surface area contributed by atoms with Crippen LogP contribution in [0.3, 0.4) is 0 Å². The Labute approximate surface area is 207 Å². The predicted molar refractivity (Wildman–Crippen MR) is 123 cm³/mol. The number of benzene rings is 2. The van der Waals surface area contributed by atoms with Crippen LogP contribution in [-0.2, 0) is 10.1 Å². The van der Waals surface area contributed by atoms with E-state index in [-0.39, 0.29) is 12.2 Å². The zero-order valence-corrected chi connectivity index (χ0v) is 19.5. The molecule has 0 saturated heterocycles. The number of pyridine rings is 1. The third kappa shape index (κ3) is 5.57. The summed E-state index contributed by atoms with van der Waals surface area (Å²) in [5.41, 5.74) is -3.83. The molecule has 0 saturated carbocycles. The molecule has 188 valence electrons. The maximum absolute atomic E-state index is 13.4. The van der Waals surface area contributed by atoms with Crippen LogP contribution >= 0.6 is 11.6 Å². The first kappa shape index (κ1) is 25.4. The number of anilines is 1. The Morgan fingerprint density at radius 2 is 1.72 bits per heavy atom. The van der Waals surface area contributed by atoms with Crippen molar-refractivity contribution in [1.29, 1.82) is 0 Å². The van der Waals surface area contributed by atoms with Crippen LogP contribution in [0.25, 0.3) is 0 Å². The van der Waals surface area contributed by atoms with Crippen molar-refractivity contribution in [1.82, 2.24) is 9.99 Å². The van der Waals surface area contributed by atoms with Crippen LogP contribution < -0.4 is 9.50 Å². The van der Waals surface area contributed by atoms with Gasteiger partial charge in [0, 0.05) is 11.9 Å². The Kier molecular flexibility index (Phi) is 6.87. The van der Waals surface area contributed by atoms with Crippen LogP contribution in [0.1, 0.15) is 17.2 Å². The number of hydrazone groups is 1. The Hall–Kier alpha value is -3.71. The average Bonchev–Trinajstić information content (AvgIpc) is 3.26. The second-order valence-corrected chi connectivity index (χ2v) is 9.44. The summed E-state index contributed by atoms with van der Waals surface area (Å²) in [6.45, 7) is 0.0815. The molecule has 1 atom stereocenters. The van der Waals surface area contributed by atoms with Gasteiger partial charge in [0.2, 0.25) is 0 Å². The number of amides is 2. The van der Waals surface area contributed by atoms with E-state index in [0.29, 0.717) is 22.0 Å². The zero-order valence-electron chi connectivity index (χ0n) is 17.9. The largest absolute Gasteiger partial charge is 0.534 e. The summed E-state index contributed by atoms with van der Waals surface area (Å²) >= 11 is 5.92. The maximum atomic E-state index is 13.4. The minimum absolute atomic E-state index is 0.0815. The number of halogens is 5. The highest BCUT2D eigenvalue weighted by molar-refractivity contribution is 7.88. The molecule has 2 heterocycles. The molecule has 2 aromatic carbocycles. The van der Waals surface area contributed by atoms with Gasteiger partial charge in [0.1, 0.15) is 11.6 Å². The van der Waals surface area contributed by atoms with Crippen LogP contribution in [0.5, 0.6) is 5.75 Å². The summed E-state index contributed by atoms with van der Waals surface area (Å²) < 4.78 is 77.1. The van der Waals surface area contributed by atoms with Gasteiger partial charge in [-0.1, -0.05) is 23.7 Å². The minimum atomic E-state index is -5.82. The van der Waals surface area contributed by atoms with Gasteiger partial charge in [0.25, 0.3) is 0 Å². The van der Waals surface area contributed by atoms with Gasteiger partial charge in [-0.2, -0.15) is 26.7 Å². The number of hydrogen-bond donors (Lipinski definition) is 1. The average molecular weight is 543 g/mol. The van der Waals surface area contributed by atoms with Gasteiger partial charge >= 0.3 is 21.7 Å². The van der Waals surface area contributed by atoms with E-state index in [9.17, 15) is 30.8 Å². The highest BCUT2D eigenvalue weighted by Gasteiger charge is 2.48. The smallest absolute Gasteiger partial charge is 0.376 e. The second-order valence-electron chi connectivity index (χ2n) is 7.47. The van der Waals surface area contributed by atoms with Gasteiger partial charge in [0.15, 0.2) is 0 Å². The third-order valence-corrected chi connectivity index (χ3v) is 6.19. The van der Waals surface area contributed by atoms with Crippen LogP contribution in [0.2, 0.25) is 5.02 Å². The Balaban J connectivity index is 1.52. The number of hydrogen-bond acceptors (Lipinski definition) is 6. The summed E-state index contributed by atoms with van der Waals surface area (Å²) in [5.74, 6) is -1.48. The normalized spacial score (nSPS) is 16.0. The van der Waals surface area contributed by atoms with Gasteiger partial charge < -0.3 is 9.50 Å². The predicted octanol–water partition coefficient (Wildman–Crippen LogP) is 5.14. The third-order valence-electron chi connectivity index (χ3n) is 4.99. The molecule has 0 aliphatic carbocycles. The number of nitrogens with zero attached hydrogens (tertiary/aromatic N) is 3. The summed E-state index contributed by atoms with van der Waals surface area (Å²) in [6, 6.07) is 12.4. The number of aromatic nitrogens is 1. The summed E-state index contributed by atoms with van der Waals surface area (Å²) in [5, 5.41) is 8.43. The second kappa shape index (κ2) is 9.74. The van der Waals surface area contributed by atoms with Gasteiger partial charge in [-0.3, -0.25) is 4.98 Å². The number of rotatable bonds is 5. The molecule has 3 aromatic rings. The van der Waals surface area contributed by atoms with E-state index < -0.39 is 39.1 Å². The number of nitrogens with one attached hydrogen (secondary N) is 1. The molecular formula is C22H15ClF4N4O4S. The van der Waals surface area contributed by atoms with Gasteiger partial charge in [0.05, 0.1) is 28.9 Å². The highest BCUT2D eigenvalue weighted by Crippen LogP contribution is 2.30. The van der Waals surface area contributed by atoms with Crippen LogP contribution in [0.4, 0.5) is 28.0 Å². The molecule has 1 aliphatic rings. The fraction of sp³-hybridized carbons (Fsp3) is 0.136. The van der Waals surface area contributed by atoms with Crippen molar-refractivity contribution in [3.05, 3.63) is 89.0 Å². The Morgan fingerprint density at radius 1 is 1.06 bits per heavy atom. The first-order valence-corrected chi connectivity index (χ1v) is 11.9. The number of alkyl halides is 3. The molecule has 1 aromatic heterocycles. The molecule has 0 spiro atoms. The first-order valence-electron chi connectivity index (χ1n) is 10.1. The molecule has 36 heavy (non-hydrogen) atoms. The van der Waals surface area contributed by atoms with Crippen molar-refractivity contribution in [2.75, 3.05) is 11.9 Å². The standard InChI is InChI=1S/C22H15ClF4N4O4S/c23-14-3-10-19(28-11-14)18-12-31(30-20(18)13-1-4-15(24)5-2-13)21(32)29-16-6-8-17(9-7-16)35-36(33,34)22(25,26)27/h1-11,18H,12H2,(H,29,32). The van der Waals surface area contributed by atoms with Crippen LogP contribution in [0, 0.1) is 5.82 Å². The lowest BCUT2D eigenvalue weighted by Crippen LogP contribution is -2.30. The van der Waals surface area contributed by atoms with Crippen molar-refractivity contribution in [3.8, 4) is 5.75 Å². The van der Waals surface area contributed by atoms with Crippen molar-refractivity contribution < 1.29 is 35.0 Å². The van der Waals surface area contributed by atoms with E-state index in [1.807, 2.05) is 0 Å². The van der Waals surface area contributed by atoms with Gasteiger partial charge in [-0.25, -0.2) is 14.2 Å². The van der Waals surface area contributed by atoms with E-state index in [2.05, 4.69) is 19.6 Å². The van der Waals surface area contributed by atoms with E-state index >= 15 is 0 Å². The molecule has 4 rings (SSSR count). The lowest BCUT2D eigenvalue weighted by atomic mass is 9.94. The van der Waals surface area contributed by atoms with Gasteiger partial charge in [-0.15, -0.1) is 0 Å². The van der Waals surface area contributed by atoms with Crippen molar-refractivity contribution in [3.63, 3.8) is 0 Å². The molecule has 1 unspecified atom stereocenters. The molecule has 2 amide bonds. The Bertz CT molecular complexity index is 1400. The molecular weight excluding hydrogens is 528 g/mol.